The van der Waals surface area contributed by atoms with Crippen LogP contribution in [0.5, 0.6) is 5.75 Å². The number of allylic oxidation sites excluding steroid dienone is 1. The van der Waals surface area contributed by atoms with Gasteiger partial charge in [0, 0.05) is 5.54 Å². The molecule has 3 rings (SSSR count). The minimum atomic E-state index is -1.83. The SMILES string of the molecule is Cc1ccc([Si](C)(C)C2C=Cc3ccccc32)c(O)c1C. The molecule has 21 heavy (non-hydrogen) atoms. The molecular weight excluding hydrogens is 272 g/mol. The first-order valence-corrected chi connectivity index (χ1v) is 10.6. The van der Waals surface area contributed by atoms with Crippen molar-refractivity contribution < 1.29 is 5.11 Å². The molecule has 108 valence electrons. The first kappa shape index (κ1) is 14.1. The molecule has 0 heterocycles. The van der Waals surface area contributed by atoms with Crippen LogP contribution in [0.3, 0.4) is 0 Å². The molecule has 0 amide bonds. The maximum absolute atomic E-state index is 10.6. The smallest absolute Gasteiger partial charge is 0.118 e. The van der Waals surface area contributed by atoms with Gasteiger partial charge in [0.15, 0.2) is 0 Å². The van der Waals surface area contributed by atoms with Gasteiger partial charge < -0.3 is 5.11 Å². The molecule has 0 fully saturated rings. The summed E-state index contributed by atoms with van der Waals surface area (Å²) in [7, 11) is -1.83. The number of fused-ring (bicyclic) bond motifs is 1. The number of rotatable bonds is 2. The Kier molecular flexibility index (Phi) is 3.29. The molecule has 1 nitrogen and oxygen atoms in total. The molecule has 0 saturated heterocycles. The number of phenols is 1. The predicted octanol–water partition coefficient (Wildman–Crippen LogP) is 4.27. The second kappa shape index (κ2) is 4.88. The summed E-state index contributed by atoms with van der Waals surface area (Å²) in [5, 5.41) is 11.8. The lowest BCUT2D eigenvalue weighted by Gasteiger charge is -2.31. The summed E-state index contributed by atoms with van der Waals surface area (Å²) in [4.78, 5) is 0. The van der Waals surface area contributed by atoms with E-state index in [0.29, 0.717) is 11.3 Å². The number of benzene rings is 2. The van der Waals surface area contributed by atoms with Gasteiger partial charge in [-0.15, -0.1) is 0 Å². The molecule has 0 spiro atoms. The van der Waals surface area contributed by atoms with Crippen molar-refractivity contribution in [3.63, 3.8) is 0 Å². The standard InChI is InChI=1S/C19H22OSi/c1-13-9-11-18(19(20)14(13)2)21(3,4)17-12-10-15-7-5-6-8-16(15)17/h5-12,17,20H,1-4H3. The third kappa shape index (κ3) is 2.14. The Morgan fingerprint density at radius 1 is 1.00 bits per heavy atom. The van der Waals surface area contributed by atoms with E-state index in [0.717, 1.165) is 16.3 Å². The highest BCUT2D eigenvalue weighted by Crippen LogP contribution is 2.38. The van der Waals surface area contributed by atoms with Gasteiger partial charge in [-0.2, -0.15) is 0 Å². The average molecular weight is 294 g/mol. The van der Waals surface area contributed by atoms with Crippen molar-refractivity contribution in [2.45, 2.75) is 32.5 Å². The molecule has 0 saturated carbocycles. The van der Waals surface area contributed by atoms with Crippen LogP contribution < -0.4 is 5.19 Å². The molecule has 2 aromatic carbocycles. The Labute approximate surface area is 128 Å². The van der Waals surface area contributed by atoms with Gasteiger partial charge in [-0.25, -0.2) is 0 Å². The zero-order chi connectivity index (χ0) is 15.2. The van der Waals surface area contributed by atoms with Crippen LogP contribution in [-0.2, 0) is 0 Å². The lowest BCUT2D eigenvalue weighted by molar-refractivity contribution is 0.474. The molecule has 1 N–H and O–H groups in total. The molecule has 2 aromatic rings. The van der Waals surface area contributed by atoms with E-state index in [2.05, 4.69) is 68.6 Å². The van der Waals surface area contributed by atoms with Crippen LogP contribution in [-0.4, -0.2) is 13.2 Å². The highest BCUT2D eigenvalue weighted by atomic mass is 28.3. The quantitative estimate of drug-likeness (QED) is 0.820. The molecule has 0 bridgehead atoms. The van der Waals surface area contributed by atoms with E-state index in [1.54, 1.807) is 0 Å². The lowest BCUT2D eigenvalue weighted by Crippen LogP contribution is -2.47. The fourth-order valence-corrected chi connectivity index (χ4v) is 6.63. The maximum atomic E-state index is 10.6. The highest BCUT2D eigenvalue weighted by molar-refractivity contribution is 6.92. The predicted molar refractivity (Wildman–Crippen MR) is 92.9 cm³/mol. The summed E-state index contributed by atoms with van der Waals surface area (Å²) >= 11 is 0. The molecule has 0 aromatic heterocycles. The van der Waals surface area contributed by atoms with E-state index in [1.165, 1.54) is 11.1 Å². The van der Waals surface area contributed by atoms with Gasteiger partial charge in [0.05, 0.1) is 8.07 Å². The molecule has 1 aliphatic rings. The van der Waals surface area contributed by atoms with Crippen LogP contribution in [0.1, 0.15) is 27.8 Å². The zero-order valence-corrected chi connectivity index (χ0v) is 14.1. The molecule has 1 aliphatic carbocycles. The third-order valence-corrected chi connectivity index (χ3v) is 8.82. The minimum Gasteiger partial charge on any atom is -0.508 e. The Balaban J connectivity index is 2.11. The monoisotopic (exact) mass is 294 g/mol. The van der Waals surface area contributed by atoms with E-state index in [1.807, 2.05) is 6.92 Å². The number of hydrogen-bond acceptors (Lipinski definition) is 1. The Hall–Kier alpha value is -1.80. The van der Waals surface area contributed by atoms with E-state index in [4.69, 9.17) is 0 Å². The Morgan fingerprint density at radius 2 is 1.71 bits per heavy atom. The number of hydrogen-bond donors (Lipinski definition) is 1. The zero-order valence-electron chi connectivity index (χ0n) is 13.1. The third-order valence-electron chi connectivity index (χ3n) is 4.97. The molecule has 2 heteroatoms. The Morgan fingerprint density at radius 3 is 2.48 bits per heavy atom. The highest BCUT2D eigenvalue weighted by Gasteiger charge is 2.38. The topological polar surface area (TPSA) is 20.2 Å². The van der Waals surface area contributed by atoms with Crippen LogP contribution in [0.4, 0.5) is 0 Å². The molecule has 1 unspecified atom stereocenters. The minimum absolute atomic E-state index is 0.432. The fraction of sp³-hybridized carbons (Fsp3) is 0.263. The van der Waals surface area contributed by atoms with E-state index >= 15 is 0 Å². The van der Waals surface area contributed by atoms with Crippen LogP contribution in [0, 0.1) is 13.8 Å². The van der Waals surface area contributed by atoms with Gasteiger partial charge in [-0.05, 0) is 41.3 Å². The van der Waals surface area contributed by atoms with Crippen LogP contribution in [0.25, 0.3) is 6.08 Å². The van der Waals surface area contributed by atoms with Gasteiger partial charge >= 0.3 is 0 Å². The van der Waals surface area contributed by atoms with Crippen molar-refractivity contribution in [2.75, 3.05) is 0 Å². The summed E-state index contributed by atoms with van der Waals surface area (Å²) in [5.74, 6) is 0.504. The van der Waals surface area contributed by atoms with Gasteiger partial charge in [-0.3, -0.25) is 0 Å². The number of phenolic OH excluding ortho intramolecular Hbond substituents is 1. The summed E-state index contributed by atoms with van der Waals surface area (Å²) < 4.78 is 0. The molecule has 1 atom stereocenters. The van der Waals surface area contributed by atoms with Crippen LogP contribution >= 0.6 is 0 Å². The second-order valence-electron chi connectivity index (χ2n) is 6.59. The maximum Gasteiger partial charge on any atom is 0.118 e. The second-order valence-corrected chi connectivity index (χ2v) is 11.2. The van der Waals surface area contributed by atoms with Crippen LogP contribution in [0.2, 0.25) is 13.1 Å². The van der Waals surface area contributed by atoms with Crippen molar-refractivity contribution in [1.29, 1.82) is 0 Å². The normalized spacial score (nSPS) is 17.0. The van der Waals surface area contributed by atoms with Gasteiger partial charge in [-0.1, -0.05) is 61.6 Å². The van der Waals surface area contributed by atoms with Gasteiger partial charge in [0.25, 0.3) is 0 Å². The van der Waals surface area contributed by atoms with E-state index in [9.17, 15) is 5.11 Å². The largest absolute Gasteiger partial charge is 0.508 e. The fourth-order valence-electron chi connectivity index (χ4n) is 3.37. The van der Waals surface area contributed by atoms with Crippen molar-refractivity contribution in [2.24, 2.45) is 0 Å². The van der Waals surface area contributed by atoms with Crippen molar-refractivity contribution in [3.8, 4) is 5.75 Å². The van der Waals surface area contributed by atoms with E-state index < -0.39 is 8.07 Å². The van der Waals surface area contributed by atoms with Gasteiger partial charge in [0.2, 0.25) is 0 Å². The molecule has 0 radical (unpaired) electrons. The summed E-state index contributed by atoms with van der Waals surface area (Å²) in [6.07, 6.45) is 4.55. The van der Waals surface area contributed by atoms with Gasteiger partial charge in [0.1, 0.15) is 5.75 Å². The van der Waals surface area contributed by atoms with Crippen molar-refractivity contribution >= 4 is 19.3 Å². The summed E-state index contributed by atoms with van der Waals surface area (Å²) in [5.41, 5.74) is 5.34. The van der Waals surface area contributed by atoms with Crippen molar-refractivity contribution in [1.82, 2.24) is 0 Å². The Bertz CT molecular complexity index is 728. The first-order valence-electron chi connectivity index (χ1n) is 7.49. The molecular formula is C19H22OSi. The summed E-state index contributed by atoms with van der Waals surface area (Å²) in [6.45, 7) is 8.77. The average Bonchev–Trinajstić information content (AvgIpc) is 2.89. The number of aromatic hydroxyl groups is 1. The first-order chi connectivity index (χ1) is 9.93. The number of aryl methyl sites for hydroxylation is 1. The van der Waals surface area contributed by atoms with Crippen molar-refractivity contribution in [3.05, 3.63) is 64.7 Å². The lowest BCUT2D eigenvalue weighted by atomic mass is 10.1. The van der Waals surface area contributed by atoms with E-state index in [-0.39, 0.29) is 0 Å². The summed E-state index contributed by atoms with van der Waals surface area (Å²) in [6, 6.07) is 12.9. The van der Waals surface area contributed by atoms with Crippen LogP contribution in [0.15, 0.2) is 42.5 Å². The molecule has 0 aliphatic heterocycles.